The summed E-state index contributed by atoms with van der Waals surface area (Å²) in [6.07, 6.45) is 26.5. The van der Waals surface area contributed by atoms with E-state index in [9.17, 15) is 4.79 Å². The maximum atomic E-state index is 11.5. The van der Waals surface area contributed by atoms with E-state index >= 15 is 0 Å². The molecule has 1 unspecified atom stereocenters. The van der Waals surface area contributed by atoms with Gasteiger partial charge in [0.2, 0.25) is 0 Å². The summed E-state index contributed by atoms with van der Waals surface area (Å²) >= 11 is 0. The Hall–Kier alpha value is -1.31. The molecule has 0 heterocycles. The highest BCUT2D eigenvalue weighted by atomic mass is 16.5. The van der Waals surface area contributed by atoms with E-state index in [1.165, 1.54) is 38.5 Å². The van der Waals surface area contributed by atoms with Gasteiger partial charge in [-0.3, -0.25) is 4.79 Å². The Balaban J connectivity index is 3.34. The van der Waals surface area contributed by atoms with Crippen molar-refractivity contribution in [3.63, 3.8) is 0 Å². The summed E-state index contributed by atoms with van der Waals surface area (Å²) in [7, 11) is 0. The molecule has 0 fully saturated rings. The number of unbranched alkanes of at least 4 members (excludes halogenated alkanes) is 6. The lowest BCUT2D eigenvalue weighted by molar-refractivity contribution is -0.147. The maximum absolute atomic E-state index is 11.5. The van der Waals surface area contributed by atoms with E-state index in [-0.39, 0.29) is 11.9 Å². The first kappa shape index (κ1) is 23.7. The summed E-state index contributed by atoms with van der Waals surface area (Å²) in [5.41, 5.74) is 0. The Bertz CT molecular complexity index is 380. The highest BCUT2D eigenvalue weighted by Crippen LogP contribution is 2.14. The SMILES string of the molecule is CCC=CCC=CCC=CCCCCCCCCC(C)C(=O)OCC. The molecule has 0 amide bonds. The predicted octanol–water partition coefficient (Wildman–Crippen LogP) is 7.17. The van der Waals surface area contributed by atoms with Crippen molar-refractivity contribution in [2.75, 3.05) is 6.61 Å². The van der Waals surface area contributed by atoms with Gasteiger partial charge in [0.25, 0.3) is 0 Å². The second kappa shape index (κ2) is 19.0. The van der Waals surface area contributed by atoms with Gasteiger partial charge in [-0.05, 0) is 45.4 Å². The fraction of sp³-hybridized carbons (Fsp3) is 0.696. The molecule has 0 aliphatic heterocycles. The highest BCUT2D eigenvalue weighted by Gasteiger charge is 2.12. The molecule has 0 aromatic heterocycles. The van der Waals surface area contributed by atoms with Crippen molar-refractivity contribution in [1.82, 2.24) is 0 Å². The molecule has 0 rings (SSSR count). The van der Waals surface area contributed by atoms with Crippen molar-refractivity contribution in [2.24, 2.45) is 5.92 Å². The Morgan fingerprint density at radius 1 is 0.800 bits per heavy atom. The summed E-state index contributed by atoms with van der Waals surface area (Å²) in [6, 6.07) is 0. The molecule has 25 heavy (non-hydrogen) atoms. The maximum Gasteiger partial charge on any atom is 0.308 e. The topological polar surface area (TPSA) is 26.3 Å². The van der Waals surface area contributed by atoms with Crippen LogP contribution in [0.15, 0.2) is 36.5 Å². The van der Waals surface area contributed by atoms with Gasteiger partial charge in [0.05, 0.1) is 12.5 Å². The van der Waals surface area contributed by atoms with Crippen LogP contribution in [0.4, 0.5) is 0 Å². The van der Waals surface area contributed by atoms with Crippen molar-refractivity contribution in [2.45, 2.75) is 91.4 Å². The standard InChI is InChI=1S/C23H40O2/c1-4-6-7-8-9-10-11-12-13-14-15-16-17-18-19-20-21-22(3)23(24)25-5-2/h6-7,9-10,12-13,22H,4-5,8,11,14-21H2,1-3H3. The number of carbonyl (C=O) groups excluding carboxylic acids is 1. The number of hydrogen-bond donors (Lipinski definition) is 0. The molecule has 1 atom stereocenters. The van der Waals surface area contributed by atoms with Crippen LogP contribution in [0.3, 0.4) is 0 Å². The van der Waals surface area contributed by atoms with E-state index in [2.05, 4.69) is 43.4 Å². The molecule has 0 saturated carbocycles. The lowest BCUT2D eigenvalue weighted by atomic mass is 10.0. The van der Waals surface area contributed by atoms with E-state index in [0.717, 1.165) is 32.1 Å². The van der Waals surface area contributed by atoms with Crippen LogP contribution in [-0.2, 0) is 9.53 Å². The molecule has 2 nitrogen and oxygen atoms in total. The lowest BCUT2D eigenvalue weighted by Crippen LogP contribution is -2.14. The lowest BCUT2D eigenvalue weighted by Gasteiger charge is -2.09. The molecule has 0 spiro atoms. The second-order valence-corrected chi connectivity index (χ2v) is 6.65. The van der Waals surface area contributed by atoms with Crippen LogP contribution < -0.4 is 0 Å². The second-order valence-electron chi connectivity index (χ2n) is 6.65. The zero-order chi connectivity index (χ0) is 18.6. The summed E-state index contributed by atoms with van der Waals surface area (Å²) < 4.78 is 5.03. The van der Waals surface area contributed by atoms with Gasteiger partial charge in [-0.15, -0.1) is 0 Å². The number of carbonyl (C=O) groups is 1. The van der Waals surface area contributed by atoms with Gasteiger partial charge in [-0.1, -0.05) is 82.4 Å². The van der Waals surface area contributed by atoms with Crippen LogP contribution in [-0.4, -0.2) is 12.6 Å². The van der Waals surface area contributed by atoms with Crippen LogP contribution in [0.25, 0.3) is 0 Å². The smallest absolute Gasteiger partial charge is 0.308 e. The monoisotopic (exact) mass is 348 g/mol. The van der Waals surface area contributed by atoms with Gasteiger partial charge < -0.3 is 4.74 Å². The van der Waals surface area contributed by atoms with E-state index in [1.54, 1.807) is 0 Å². The molecule has 144 valence electrons. The molecule has 0 radical (unpaired) electrons. The zero-order valence-corrected chi connectivity index (χ0v) is 16.8. The van der Waals surface area contributed by atoms with Crippen LogP contribution in [0.5, 0.6) is 0 Å². The third-order valence-electron chi connectivity index (χ3n) is 4.23. The van der Waals surface area contributed by atoms with Gasteiger partial charge in [0.15, 0.2) is 0 Å². The normalized spacial score (nSPS) is 13.2. The first-order valence-corrected chi connectivity index (χ1v) is 10.3. The molecular formula is C23H40O2. The van der Waals surface area contributed by atoms with Gasteiger partial charge in [0.1, 0.15) is 0 Å². The van der Waals surface area contributed by atoms with Gasteiger partial charge in [-0.25, -0.2) is 0 Å². The first-order valence-electron chi connectivity index (χ1n) is 10.3. The summed E-state index contributed by atoms with van der Waals surface area (Å²) in [5, 5.41) is 0. The quantitative estimate of drug-likeness (QED) is 0.168. The Kier molecular flexibility index (Phi) is 18.0. The molecule has 0 N–H and O–H groups in total. The third-order valence-corrected chi connectivity index (χ3v) is 4.23. The van der Waals surface area contributed by atoms with Crippen molar-refractivity contribution in [1.29, 1.82) is 0 Å². The van der Waals surface area contributed by atoms with Crippen LogP contribution in [0.1, 0.15) is 91.4 Å². The highest BCUT2D eigenvalue weighted by molar-refractivity contribution is 5.71. The first-order chi connectivity index (χ1) is 12.2. The summed E-state index contributed by atoms with van der Waals surface area (Å²) in [6.45, 7) is 6.49. The van der Waals surface area contributed by atoms with Gasteiger partial charge in [0, 0.05) is 0 Å². The number of ether oxygens (including phenoxy) is 1. The molecule has 0 aromatic rings. The van der Waals surface area contributed by atoms with Crippen molar-refractivity contribution in [3.05, 3.63) is 36.5 Å². The van der Waals surface area contributed by atoms with Crippen LogP contribution in [0, 0.1) is 5.92 Å². The fourth-order valence-electron chi connectivity index (χ4n) is 2.65. The predicted molar refractivity (Wildman–Crippen MR) is 110 cm³/mol. The Labute approximate surface area is 156 Å². The molecule has 2 heteroatoms. The molecule has 0 aliphatic rings. The molecular weight excluding hydrogens is 308 g/mol. The summed E-state index contributed by atoms with van der Waals surface area (Å²) in [4.78, 5) is 11.5. The van der Waals surface area contributed by atoms with E-state index in [0.29, 0.717) is 6.61 Å². The molecule has 0 aliphatic carbocycles. The minimum absolute atomic E-state index is 0.0402. The van der Waals surface area contributed by atoms with Crippen LogP contribution in [0.2, 0.25) is 0 Å². The van der Waals surface area contributed by atoms with Crippen molar-refractivity contribution < 1.29 is 9.53 Å². The van der Waals surface area contributed by atoms with Crippen LogP contribution >= 0.6 is 0 Å². The van der Waals surface area contributed by atoms with E-state index in [4.69, 9.17) is 4.74 Å². The molecule has 0 saturated heterocycles. The van der Waals surface area contributed by atoms with E-state index < -0.39 is 0 Å². The van der Waals surface area contributed by atoms with Gasteiger partial charge >= 0.3 is 5.97 Å². The number of hydrogen-bond acceptors (Lipinski definition) is 2. The largest absolute Gasteiger partial charge is 0.466 e. The molecule has 0 bridgehead atoms. The third kappa shape index (κ3) is 17.3. The fourth-order valence-corrected chi connectivity index (χ4v) is 2.65. The van der Waals surface area contributed by atoms with E-state index in [1.807, 2.05) is 13.8 Å². The molecule has 0 aromatic carbocycles. The average Bonchev–Trinajstić information content (AvgIpc) is 2.61. The van der Waals surface area contributed by atoms with Crippen molar-refractivity contribution >= 4 is 5.97 Å². The summed E-state index contributed by atoms with van der Waals surface area (Å²) in [5.74, 6) is 0.0170. The number of esters is 1. The minimum atomic E-state index is -0.0402. The number of rotatable bonds is 16. The Morgan fingerprint density at radius 2 is 1.36 bits per heavy atom. The Morgan fingerprint density at radius 3 is 2.00 bits per heavy atom. The average molecular weight is 349 g/mol. The van der Waals surface area contributed by atoms with Crippen molar-refractivity contribution in [3.8, 4) is 0 Å². The van der Waals surface area contributed by atoms with Gasteiger partial charge in [-0.2, -0.15) is 0 Å². The zero-order valence-electron chi connectivity index (χ0n) is 16.8. The minimum Gasteiger partial charge on any atom is -0.466 e. The number of allylic oxidation sites excluding steroid dienone is 6.